The van der Waals surface area contributed by atoms with Gasteiger partial charge in [-0.15, -0.1) is 0 Å². The monoisotopic (exact) mass is 515 g/mol. The zero-order valence-corrected chi connectivity index (χ0v) is 22.5. The van der Waals surface area contributed by atoms with Gasteiger partial charge in [-0.25, -0.2) is 0 Å². The predicted octanol–water partition coefficient (Wildman–Crippen LogP) is 4.53. The Morgan fingerprint density at radius 3 is 2.63 bits per heavy atom. The number of ketones is 2. The minimum Gasteiger partial charge on any atom is -0.458 e. The first-order valence-corrected chi connectivity index (χ1v) is 13.7. The molecule has 2 saturated carbocycles. The maximum absolute atomic E-state index is 13.9. The van der Waals surface area contributed by atoms with E-state index in [1.165, 1.54) is 23.6 Å². The molecule has 0 aromatic heterocycles. The number of aliphatic hydroxyl groups is 1. The van der Waals surface area contributed by atoms with Crippen LogP contribution in [0.5, 0.6) is 0 Å². The lowest BCUT2D eigenvalue weighted by Gasteiger charge is -2.55. The van der Waals surface area contributed by atoms with Crippen LogP contribution >= 0.6 is 0 Å². The first-order chi connectivity index (χ1) is 18.1. The summed E-state index contributed by atoms with van der Waals surface area (Å²) < 4.78 is 5.19. The number of Topliss-reactive ketones (excluding diaryl/α,β-unsaturated/α-hetero) is 1. The maximum atomic E-state index is 13.9. The fourth-order valence-electron chi connectivity index (χ4n) is 8.22. The summed E-state index contributed by atoms with van der Waals surface area (Å²) in [4.78, 5) is 37.9. The molecule has 0 aliphatic heterocycles. The van der Waals surface area contributed by atoms with Gasteiger partial charge in [0.1, 0.15) is 6.61 Å². The Labute approximate surface area is 224 Å². The van der Waals surface area contributed by atoms with Crippen molar-refractivity contribution in [2.45, 2.75) is 65.2 Å². The fraction of sp³-hybridized carbons (Fsp3) is 0.531. The summed E-state index contributed by atoms with van der Waals surface area (Å²) in [6, 6.07) is 8.02. The van der Waals surface area contributed by atoms with Crippen LogP contribution in [0.25, 0.3) is 0 Å². The largest absolute Gasteiger partial charge is 0.458 e. The zero-order valence-electron chi connectivity index (χ0n) is 22.5. The van der Waals surface area contributed by atoms with Crippen molar-refractivity contribution in [1.82, 2.24) is 0 Å². The molecule has 200 valence electrons. The number of allylic oxidation sites excluding steroid dienone is 4. The van der Waals surface area contributed by atoms with E-state index in [2.05, 4.69) is 37.8 Å². The summed E-state index contributed by atoms with van der Waals surface area (Å²) in [6.45, 7) is 5.06. The van der Waals surface area contributed by atoms with Crippen LogP contribution in [0.15, 0.2) is 47.1 Å². The molecule has 1 aromatic carbocycles. The van der Waals surface area contributed by atoms with Crippen LogP contribution in [-0.2, 0) is 19.1 Å². The normalized spacial score (nSPS) is 33.8. The smallest absolute Gasteiger partial charge is 0.303 e. The van der Waals surface area contributed by atoms with Gasteiger partial charge in [0.15, 0.2) is 18.2 Å². The Bertz CT molecular complexity index is 1300. The Hall–Kier alpha value is -3.17. The number of hydrogen-bond donors (Lipinski definition) is 2. The first kappa shape index (κ1) is 26.4. The molecule has 0 radical (unpaired) electrons. The molecule has 6 heteroatoms. The highest BCUT2D eigenvalue weighted by Gasteiger charge is 2.65. The van der Waals surface area contributed by atoms with Gasteiger partial charge >= 0.3 is 5.97 Å². The van der Waals surface area contributed by atoms with Crippen molar-refractivity contribution in [3.05, 3.63) is 52.6 Å². The summed E-state index contributed by atoms with van der Waals surface area (Å²) in [6.07, 6.45) is 6.20. The topological polar surface area (TPSA) is 107 Å². The molecule has 0 heterocycles. The van der Waals surface area contributed by atoms with Crippen molar-refractivity contribution < 1.29 is 24.2 Å². The number of carbonyl (C=O) groups excluding carboxylic acids is 3. The van der Waals surface area contributed by atoms with Gasteiger partial charge in [-0.3, -0.25) is 14.4 Å². The zero-order chi connectivity index (χ0) is 27.2. The molecule has 6 nitrogen and oxygen atoms in total. The number of aliphatic hydroxyl groups excluding tert-OH is 1. The Kier molecular flexibility index (Phi) is 6.86. The van der Waals surface area contributed by atoms with Crippen LogP contribution in [0.1, 0.15) is 70.8 Å². The van der Waals surface area contributed by atoms with E-state index in [-0.39, 0.29) is 48.5 Å². The average Bonchev–Trinajstić information content (AvgIpc) is 3.19. The van der Waals surface area contributed by atoms with Gasteiger partial charge in [0, 0.05) is 24.9 Å². The van der Waals surface area contributed by atoms with Crippen LogP contribution in [0, 0.1) is 40.4 Å². The van der Waals surface area contributed by atoms with Crippen molar-refractivity contribution in [3.63, 3.8) is 0 Å². The molecule has 0 amide bonds. The average molecular weight is 516 g/mol. The molecule has 6 atom stereocenters. The van der Waals surface area contributed by atoms with Crippen molar-refractivity contribution in [2.24, 2.45) is 28.6 Å². The van der Waals surface area contributed by atoms with Crippen LogP contribution in [0.3, 0.4) is 0 Å². The van der Waals surface area contributed by atoms with Crippen molar-refractivity contribution in [2.75, 3.05) is 18.9 Å². The molecule has 4 aliphatic rings. The standard InChI is InChI=1S/C32H37NO5/c1-19-15-26-28-11-13-32(12-4-14-34,29(37)18-38-20(2)35)31(28,3)17-27(21-5-7-22(33)8-6-21)30(26)24-10-9-23(36)16-25(19)24/h5-8,16,19,26-28,34H,9-11,13-15,17-18,33H2,1-3H3/t19?,26-,27+,28-,31-,32-/m0/s1. The van der Waals surface area contributed by atoms with Crippen molar-refractivity contribution in [3.8, 4) is 11.8 Å². The third-order valence-electron chi connectivity index (χ3n) is 9.89. The van der Waals surface area contributed by atoms with Gasteiger partial charge < -0.3 is 15.6 Å². The Balaban J connectivity index is 1.69. The minimum absolute atomic E-state index is 0.0517. The van der Waals surface area contributed by atoms with Gasteiger partial charge in [0.2, 0.25) is 0 Å². The molecule has 3 N–H and O–H groups in total. The number of hydrogen-bond acceptors (Lipinski definition) is 6. The molecule has 0 spiro atoms. The summed E-state index contributed by atoms with van der Waals surface area (Å²) in [7, 11) is 0. The molecule has 4 aliphatic carbocycles. The van der Waals surface area contributed by atoms with E-state index < -0.39 is 16.8 Å². The van der Waals surface area contributed by atoms with Crippen LogP contribution < -0.4 is 5.73 Å². The van der Waals surface area contributed by atoms with Gasteiger partial charge in [-0.2, -0.15) is 0 Å². The highest BCUT2D eigenvalue weighted by atomic mass is 16.5. The summed E-state index contributed by atoms with van der Waals surface area (Å²) in [5, 5.41) is 9.63. The SMILES string of the molecule is CC(=O)OCC(=O)[C@]1(C#CCO)CC[C@H]2[C@@H]3CC(C)C4=CC(=O)CCC4=C3[C@@H](c3ccc(N)cc3)C[C@@]21C. The van der Waals surface area contributed by atoms with E-state index in [1.54, 1.807) is 0 Å². The van der Waals surface area contributed by atoms with Crippen molar-refractivity contribution in [1.29, 1.82) is 0 Å². The second-order valence-electron chi connectivity index (χ2n) is 11.8. The molecule has 5 rings (SSSR count). The Morgan fingerprint density at radius 2 is 1.95 bits per heavy atom. The number of carbonyl (C=O) groups is 3. The van der Waals surface area contributed by atoms with Crippen LogP contribution in [0.2, 0.25) is 0 Å². The van der Waals surface area contributed by atoms with E-state index in [9.17, 15) is 19.5 Å². The van der Waals surface area contributed by atoms with Gasteiger partial charge in [-0.05, 0) is 90.2 Å². The lowest BCUT2D eigenvalue weighted by atomic mass is 9.47. The number of benzene rings is 1. The highest BCUT2D eigenvalue weighted by molar-refractivity contribution is 5.93. The molecule has 1 unspecified atom stereocenters. The predicted molar refractivity (Wildman–Crippen MR) is 145 cm³/mol. The minimum atomic E-state index is -1.01. The van der Waals surface area contributed by atoms with Gasteiger partial charge in [0.25, 0.3) is 0 Å². The first-order valence-electron chi connectivity index (χ1n) is 13.7. The summed E-state index contributed by atoms with van der Waals surface area (Å²) in [5.74, 6) is 6.35. The molecule has 0 bridgehead atoms. The molecule has 0 saturated heterocycles. The van der Waals surface area contributed by atoms with E-state index in [4.69, 9.17) is 10.5 Å². The second-order valence-corrected chi connectivity index (χ2v) is 11.8. The maximum Gasteiger partial charge on any atom is 0.303 e. The van der Waals surface area contributed by atoms with Gasteiger partial charge in [-0.1, -0.05) is 43.4 Å². The molecular formula is C32H37NO5. The lowest BCUT2D eigenvalue weighted by molar-refractivity contribution is -0.150. The lowest BCUT2D eigenvalue weighted by Crippen LogP contribution is -2.52. The van der Waals surface area contributed by atoms with E-state index >= 15 is 0 Å². The van der Waals surface area contributed by atoms with Crippen LogP contribution in [-0.4, -0.2) is 35.9 Å². The molecule has 38 heavy (non-hydrogen) atoms. The summed E-state index contributed by atoms with van der Waals surface area (Å²) >= 11 is 0. The number of nitrogens with two attached hydrogens (primary N) is 1. The number of nitrogen functional groups attached to an aromatic ring is 1. The Morgan fingerprint density at radius 1 is 1.21 bits per heavy atom. The molecular weight excluding hydrogens is 478 g/mol. The highest BCUT2D eigenvalue weighted by Crippen LogP contribution is 2.70. The number of rotatable bonds is 4. The third kappa shape index (κ3) is 4.12. The number of fused-ring (bicyclic) bond motifs is 4. The third-order valence-corrected chi connectivity index (χ3v) is 9.89. The van der Waals surface area contributed by atoms with E-state index in [0.717, 1.165) is 24.8 Å². The second kappa shape index (κ2) is 9.85. The molecule has 1 aromatic rings. The van der Waals surface area contributed by atoms with Crippen LogP contribution in [0.4, 0.5) is 5.69 Å². The van der Waals surface area contributed by atoms with E-state index in [0.29, 0.717) is 24.9 Å². The number of esters is 1. The number of anilines is 1. The fourth-order valence-corrected chi connectivity index (χ4v) is 8.22. The summed E-state index contributed by atoms with van der Waals surface area (Å²) in [5.41, 5.74) is 10.3. The quantitative estimate of drug-likeness (QED) is 0.347. The molecule has 2 fully saturated rings. The van der Waals surface area contributed by atoms with Gasteiger partial charge in [0.05, 0.1) is 5.41 Å². The number of ether oxygens (including phenoxy) is 1. The van der Waals surface area contributed by atoms with E-state index in [1.807, 2.05) is 18.2 Å². The van der Waals surface area contributed by atoms with Crippen molar-refractivity contribution >= 4 is 23.2 Å².